The number of carbonyl (C=O) groups is 1. The average molecular weight is 389 g/mol. The van der Waals surface area contributed by atoms with E-state index in [0.29, 0.717) is 50.2 Å². The average Bonchev–Trinajstić information content (AvgIpc) is 2.80. The van der Waals surface area contributed by atoms with Gasteiger partial charge in [0.25, 0.3) is 5.91 Å². The molecule has 1 saturated heterocycles. The lowest BCUT2D eigenvalue weighted by molar-refractivity contribution is 0.0745. The fourth-order valence-electron chi connectivity index (χ4n) is 3.30. The number of carbonyl (C=O) groups excluding carboxylic acids is 1. The van der Waals surface area contributed by atoms with Crippen LogP contribution in [-0.4, -0.2) is 64.0 Å². The predicted molar refractivity (Wildman–Crippen MR) is 111 cm³/mol. The molecule has 29 heavy (non-hydrogen) atoms. The zero-order chi connectivity index (χ0) is 20.1. The van der Waals surface area contributed by atoms with Gasteiger partial charge in [-0.1, -0.05) is 30.3 Å². The summed E-state index contributed by atoms with van der Waals surface area (Å²) in [6.07, 6.45) is 6.68. The summed E-state index contributed by atoms with van der Waals surface area (Å²) in [5.74, 6) is 1.25. The van der Waals surface area contributed by atoms with Crippen LogP contribution < -0.4 is 9.80 Å². The van der Waals surface area contributed by atoms with Crippen molar-refractivity contribution < 1.29 is 4.79 Å². The Morgan fingerprint density at radius 3 is 2.24 bits per heavy atom. The van der Waals surface area contributed by atoms with Gasteiger partial charge >= 0.3 is 0 Å². The van der Waals surface area contributed by atoms with Gasteiger partial charge in [-0.05, 0) is 11.6 Å². The van der Waals surface area contributed by atoms with Gasteiger partial charge in [0.05, 0.1) is 5.56 Å². The minimum atomic E-state index is -0.0455. The molecular formula is C21H23N7O. The first-order valence-corrected chi connectivity index (χ1v) is 9.59. The van der Waals surface area contributed by atoms with Gasteiger partial charge in [-0.3, -0.25) is 4.79 Å². The summed E-state index contributed by atoms with van der Waals surface area (Å²) >= 11 is 0. The van der Waals surface area contributed by atoms with Crippen molar-refractivity contribution in [2.75, 3.05) is 43.0 Å². The van der Waals surface area contributed by atoms with Crippen molar-refractivity contribution in [3.05, 3.63) is 72.3 Å². The van der Waals surface area contributed by atoms with Crippen molar-refractivity contribution in [3.63, 3.8) is 0 Å². The van der Waals surface area contributed by atoms with Gasteiger partial charge in [-0.2, -0.15) is 0 Å². The third kappa shape index (κ3) is 4.48. The van der Waals surface area contributed by atoms with E-state index >= 15 is 0 Å². The van der Waals surface area contributed by atoms with Crippen LogP contribution in [0.4, 0.5) is 11.9 Å². The number of nitrogens with zero attached hydrogens (tertiary/aromatic N) is 7. The molecule has 0 radical (unpaired) electrons. The maximum atomic E-state index is 12.8. The van der Waals surface area contributed by atoms with Crippen LogP contribution in [0.2, 0.25) is 0 Å². The molecule has 0 aliphatic carbocycles. The summed E-state index contributed by atoms with van der Waals surface area (Å²) in [6, 6.07) is 11.9. The van der Waals surface area contributed by atoms with E-state index in [2.05, 4.69) is 37.0 Å². The number of aromatic nitrogens is 4. The molecule has 0 saturated carbocycles. The van der Waals surface area contributed by atoms with Gasteiger partial charge < -0.3 is 14.7 Å². The highest BCUT2D eigenvalue weighted by molar-refractivity contribution is 5.93. The van der Waals surface area contributed by atoms with Crippen LogP contribution in [-0.2, 0) is 6.54 Å². The SMILES string of the molecule is CN(Cc1ccccc1)c1ncc(C(=O)N2CCN(c3ncccn3)CC2)cn1. The highest BCUT2D eigenvalue weighted by Crippen LogP contribution is 2.14. The van der Waals surface area contributed by atoms with E-state index in [4.69, 9.17) is 0 Å². The minimum Gasteiger partial charge on any atom is -0.340 e. The first-order chi connectivity index (χ1) is 14.2. The van der Waals surface area contributed by atoms with Crippen molar-refractivity contribution in [1.29, 1.82) is 0 Å². The van der Waals surface area contributed by atoms with E-state index in [9.17, 15) is 4.79 Å². The summed E-state index contributed by atoms with van der Waals surface area (Å²) in [7, 11) is 1.94. The summed E-state index contributed by atoms with van der Waals surface area (Å²) < 4.78 is 0. The lowest BCUT2D eigenvalue weighted by atomic mass is 10.2. The molecule has 1 fully saturated rings. The first-order valence-electron chi connectivity index (χ1n) is 9.59. The van der Waals surface area contributed by atoms with Gasteiger partial charge in [0.15, 0.2) is 0 Å². The summed E-state index contributed by atoms with van der Waals surface area (Å²) in [6.45, 7) is 3.35. The molecule has 8 heteroatoms. The zero-order valence-electron chi connectivity index (χ0n) is 16.3. The zero-order valence-corrected chi connectivity index (χ0v) is 16.3. The summed E-state index contributed by atoms with van der Waals surface area (Å²) in [5, 5.41) is 0. The molecule has 0 N–H and O–H groups in total. The molecule has 0 bridgehead atoms. The van der Waals surface area contributed by atoms with E-state index in [-0.39, 0.29) is 5.91 Å². The third-order valence-electron chi connectivity index (χ3n) is 4.89. The van der Waals surface area contributed by atoms with E-state index < -0.39 is 0 Å². The Hall–Kier alpha value is -3.55. The van der Waals surface area contributed by atoms with E-state index in [1.807, 2.05) is 35.0 Å². The van der Waals surface area contributed by atoms with Crippen LogP contribution in [0.25, 0.3) is 0 Å². The summed E-state index contributed by atoms with van der Waals surface area (Å²) in [5.41, 5.74) is 1.69. The van der Waals surface area contributed by atoms with Crippen LogP contribution in [0.15, 0.2) is 61.2 Å². The molecule has 3 heterocycles. The van der Waals surface area contributed by atoms with Crippen molar-refractivity contribution in [3.8, 4) is 0 Å². The molecule has 1 amide bonds. The van der Waals surface area contributed by atoms with Crippen LogP contribution in [0.1, 0.15) is 15.9 Å². The Kier molecular flexibility index (Phi) is 5.60. The van der Waals surface area contributed by atoms with E-state index in [1.165, 1.54) is 5.56 Å². The van der Waals surface area contributed by atoms with Gasteiger partial charge in [-0.25, -0.2) is 19.9 Å². The van der Waals surface area contributed by atoms with Crippen LogP contribution in [0.3, 0.4) is 0 Å². The maximum absolute atomic E-state index is 12.8. The lowest BCUT2D eigenvalue weighted by Gasteiger charge is -2.34. The Labute approximate surface area is 169 Å². The molecule has 0 spiro atoms. The molecule has 8 nitrogen and oxygen atoms in total. The number of benzene rings is 1. The van der Waals surface area contributed by atoms with E-state index in [0.717, 1.165) is 0 Å². The molecule has 1 aromatic carbocycles. The topological polar surface area (TPSA) is 78.4 Å². The van der Waals surface area contributed by atoms with Crippen LogP contribution in [0, 0.1) is 0 Å². The molecule has 0 atom stereocenters. The second kappa shape index (κ2) is 8.64. The van der Waals surface area contributed by atoms with Crippen LogP contribution in [0.5, 0.6) is 0 Å². The number of anilines is 2. The number of hydrogen-bond acceptors (Lipinski definition) is 7. The van der Waals surface area contributed by atoms with Crippen molar-refractivity contribution >= 4 is 17.8 Å². The number of amides is 1. The van der Waals surface area contributed by atoms with Crippen molar-refractivity contribution in [1.82, 2.24) is 24.8 Å². The maximum Gasteiger partial charge on any atom is 0.257 e. The molecule has 4 rings (SSSR count). The Morgan fingerprint density at radius 1 is 0.931 bits per heavy atom. The lowest BCUT2D eigenvalue weighted by Crippen LogP contribution is -2.49. The highest BCUT2D eigenvalue weighted by atomic mass is 16.2. The number of piperazine rings is 1. The minimum absolute atomic E-state index is 0.0455. The van der Waals surface area contributed by atoms with E-state index in [1.54, 1.807) is 30.9 Å². The molecule has 0 unspecified atom stereocenters. The third-order valence-corrected chi connectivity index (χ3v) is 4.89. The quantitative estimate of drug-likeness (QED) is 0.659. The molecule has 148 valence electrons. The van der Waals surface area contributed by atoms with Crippen LogP contribution >= 0.6 is 0 Å². The second-order valence-corrected chi connectivity index (χ2v) is 6.94. The molecular weight excluding hydrogens is 366 g/mol. The fraction of sp³-hybridized carbons (Fsp3) is 0.286. The Balaban J connectivity index is 1.35. The largest absolute Gasteiger partial charge is 0.340 e. The van der Waals surface area contributed by atoms with Gasteiger partial charge in [-0.15, -0.1) is 0 Å². The smallest absolute Gasteiger partial charge is 0.257 e. The van der Waals surface area contributed by atoms with Gasteiger partial charge in [0.2, 0.25) is 11.9 Å². The normalized spacial score (nSPS) is 14.0. The Morgan fingerprint density at radius 2 is 1.59 bits per heavy atom. The van der Waals surface area contributed by atoms with Crippen molar-refractivity contribution in [2.24, 2.45) is 0 Å². The predicted octanol–water partition coefficient (Wildman–Crippen LogP) is 1.87. The highest BCUT2D eigenvalue weighted by Gasteiger charge is 2.24. The summed E-state index contributed by atoms with van der Waals surface area (Å²) in [4.78, 5) is 36.0. The molecule has 2 aromatic heterocycles. The number of hydrogen-bond donors (Lipinski definition) is 0. The Bertz CT molecular complexity index is 926. The van der Waals surface area contributed by atoms with Crippen molar-refractivity contribution in [2.45, 2.75) is 6.54 Å². The number of rotatable bonds is 5. The monoisotopic (exact) mass is 389 g/mol. The molecule has 1 aliphatic rings. The second-order valence-electron chi connectivity index (χ2n) is 6.94. The molecule has 3 aromatic rings. The molecule has 1 aliphatic heterocycles. The standard InChI is InChI=1S/C21H23N7O/c1-26(16-17-6-3-2-4-7-17)20-24-14-18(15-25-20)19(29)27-10-12-28(13-11-27)21-22-8-5-9-23-21/h2-9,14-15H,10-13,16H2,1H3. The first kappa shape index (κ1) is 18.8. The fourth-order valence-corrected chi connectivity index (χ4v) is 3.30. The van der Waals surface area contributed by atoms with Gasteiger partial charge in [0, 0.05) is 64.6 Å². The van der Waals surface area contributed by atoms with Gasteiger partial charge in [0.1, 0.15) is 0 Å².